The Morgan fingerprint density at radius 1 is 1.57 bits per heavy atom. The topological polar surface area (TPSA) is 86.1 Å². The molecule has 0 spiro atoms. The number of thioether (sulfide) groups is 1. The quantitative estimate of drug-likeness (QED) is 0.516. The van der Waals surface area contributed by atoms with Gasteiger partial charge < -0.3 is 10.1 Å². The van der Waals surface area contributed by atoms with Crippen LogP contribution in [0.5, 0.6) is 0 Å². The van der Waals surface area contributed by atoms with Gasteiger partial charge in [-0.05, 0) is 13.2 Å². The summed E-state index contributed by atoms with van der Waals surface area (Å²) in [6.45, 7) is 3.12. The Bertz CT molecular complexity index is 787. The van der Waals surface area contributed by atoms with Crippen LogP contribution in [0.4, 0.5) is 5.82 Å². The molecule has 0 atom stereocenters. The molecule has 0 amide bonds. The van der Waals surface area contributed by atoms with Gasteiger partial charge in [0.25, 0.3) is 5.56 Å². The second-order valence-electron chi connectivity index (χ2n) is 4.45. The van der Waals surface area contributed by atoms with Crippen LogP contribution in [-0.4, -0.2) is 39.9 Å². The molecule has 2 aromatic heterocycles. The van der Waals surface area contributed by atoms with Crippen molar-refractivity contribution in [1.82, 2.24) is 14.5 Å². The minimum absolute atomic E-state index is 0.189. The molecule has 21 heavy (non-hydrogen) atoms. The number of hydrogen-bond donors (Lipinski definition) is 1. The van der Waals surface area contributed by atoms with E-state index in [0.717, 1.165) is 0 Å². The maximum Gasteiger partial charge on any atom is 0.344 e. The van der Waals surface area contributed by atoms with Gasteiger partial charge in [0.15, 0.2) is 5.16 Å². The van der Waals surface area contributed by atoms with Gasteiger partial charge in [-0.2, -0.15) is 0 Å². The Morgan fingerprint density at radius 3 is 3.10 bits per heavy atom. The Balaban J connectivity index is 2.38. The van der Waals surface area contributed by atoms with Crippen molar-refractivity contribution < 1.29 is 9.53 Å². The molecule has 0 aromatic carbocycles. The lowest BCUT2D eigenvalue weighted by molar-refractivity contribution is 0.0529. The molecule has 3 rings (SSSR count). The molecule has 2 aromatic rings. The van der Waals surface area contributed by atoms with E-state index in [2.05, 4.69) is 15.3 Å². The molecule has 8 heteroatoms. The Morgan fingerprint density at radius 2 is 2.38 bits per heavy atom. The van der Waals surface area contributed by atoms with Crippen LogP contribution in [0.15, 0.2) is 16.1 Å². The minimum atomic E-state index is -0.480. The smallest absolute Gasteiger partial charge is 0.344 e. The number of carbonyl (C=O) groups is 1. The van der Waals surface area contributed by atoms with Crippen molar-refractivity contribution in [3.63, 3.8) is 0 Å². The van der Waals surface area contributed by atoms with E-state index in [1.165, 1.54) is 22.5 Å². The summed E-state index contributed by atoms with van der Waals surface area (Å²) in [5.74, 6) is 0.00288. The van der Waals surface area contributed by atoms with E-state index in [0.29, 0.717) is 40.5 Å². The van der Waals surface area contributed by atoms with Crippen LogP contribution in [0.2, 0.25) is 0 Å². The van der Waals surface area contributed by atoms with Crippen molar-refractivity contribution in [2.45, 2.75) is 18.6 Å². The fourth-order valence-corrected chi connectivity index (χ4v) is 2.73. The number of nitrogens with zero attached hydrogens (tertiary/aromatic N) is 3. The van der Waals surface area contributed by atoms with Crippen LogP contribution in [0, 0.1) is 0 Å². The van der Waals surface area contributed by atoms with Gasteiger partial charge in [-0.3, -0.25) is 9.36 Å². The summed E-state index contributed by atoms with van der Waals surface area (Å²) < 4.78 is 6.65. The fourth-order valence-electron chi connectivity index (χ4n) is 2.39. The number of hydrogen-bond acceptors (Lipinski definition) is 7. The number of nitrogens with one attached hydrogen (secondary N) is 1. The van der Waals surface area contributed by atoms with Crippen LogP contribution in [0.3, 0.4) is 0 Å². The monoisotopic (exact) mass is 306 g/mol. The maximum atomic E-state index is 12.4. The number of carbonyl (C=O) groups excluding carboxylic acids is 1. The van der Waals surface area contributed by atoms with E-state index >= 15 is 0 Å². The molecular formula is C13H14N4O3S. The Hall–Kier alpha value is -2.09. The zero-order valence-electron chi connectivity index (χ0n) is 11.7. The van der Waals surface area contributed by atoms with E-state index in [1.54, 1.807) is 6.92 Å². The molecule has 1 N–H and O–H groups in total. The van der Waals surface area contributed by atoms with Crippen molar-refractivity contribution in [1.29, 1.82) is 0 Å². The van der Waals surface area contributed by atoms with Crippen LogP contribution < -0.4 is 10.9 Å². The number of anilines is 1. The highest BCUT2D eigenvalue weighted by atomic mass is 32.2. The lowest BCUT2D eigenvalue weighted by Gasteiger charge is -2.12. The third kappa shape index (κ3) is 2.15. The van der Waals surface area contributed by atoms with Gasteiger partial charge >= 0.3 is 5.97 Å². The van der Waals surface area contributed by atoms with Gasteiger partial charge in [-0.25, -0.2) is 14.8 Å². The summed E-state index contributed by atoms with van der Waals surface area (Å²) >= 11 is 1.35. The van der Waals surface area contributed by atoms with E-state index < -0.39 is 5.97 Å². The van der Waals surface area contributed by atoms with Crippen molar-refractivity contribution in [2.75, 3.05) is 24.7 Å². The summed E-state index contributed by atoms with van der Waals surface area (Å²) in [6, 6.07) is 0. The van der Waals surface area contributed by atoms with E-state index in [4.69, 9.17) is 4.74 Å². The van der Waals surface area contributed by atoms with Gasteiger partial charge in [-0.1, -0.05) is 11.8 Å². The van der Waals surface area contributed by atoms with E-state index in [1.807, 2.05) is 6.26 Å². The summed E-state index contributed by atoms with van der Waals surface area (Å²) in [4.78, 5) is 33.2. The molecular weight excluding hydrogens is 292 g/mol. The number of ether oxygens (including phenoxy) is 1. The highest BCUT2D eigenvalue weighted by Gasteiger charge is 2.27. The van der Waals surface area contributed by atoms with Crippen molar-refractivity contribution in [2.24, 2.45) is 0 Å². The zero-order chi connectivity index (χ0) is 15.0. The third-order valence-electron chi connectivity index (χ3n) is 3.28. The van der Waals surface area contributed by atoms with Crippen molar-refractivity contribution in [3.05, 3.63) is 22.1 Å². The van der Waals surface area contributed by atoms with E-state index in [9.17, 15) is 9.59 Å². The molecule has 0 saturated carbocycles. The lowest BCUT2D eigenvalue weighted by atomic mass is 10.1. The van der Waals surface area contributed by atoms with Gasteiger partial charge in [0, 0.05) is 19.3 Å². The van der Waals surface area contributed by atoms with Crippen LogP contribution in [-0.2, 0) is 11.3 Å². The van der Waals surface area contributed by atoms with Gasteiger partial charge in [0.2, 0.25) is 0 Å². The fraction of sp³-hybridized carbons (Fsp3) is 0.385. The Labute approximate surface area is 124 Å². The number of esters is 1. The molecule has 1 aliphatic heterocycles. The van der Waals surface area contributed by atoms with Gasteiger partial charge in [0.1, 0.15) is 11.4 Å². The molecule has 0 saturated heterocycles. The largest absolute Gasteiger partial charge is 0.462 e. The lowest BCUT2D eigenvalue weighted by Crippen LogP contribution is -2.22. The molecule has 1 aliphatic rings. The first-order chi connectivity index (χ1) is 10.2. The SMILES string of the molecule is CCOC(=O)c1c2n(c(=O)c3cnc(SC)nc13)CCN2. The summed E-state index contributed by atoms with van der Waals surface area (Å²) in [6.07, 6.45) is 3.31. The second-order valence-corrected chi connectivity index (χ2v) is 5.22. The highest BCUT2D eigenvalue weighted by molar-refractivity contribution is 7.98. The third-order valence-corrected chi connectivity index (χ3v) is 3.84. The zero-order valence-corrected chi connectivity index (χ0v) is 12.5. The number of pyridine rings is 1. The highest BCUT2D eigenvalue weighted by Crippen LogP contribution is 2.26. The van der Waals surface area contributed by atoms with Crippen molar-refractivity contribution >= 4 is 34.5 Å². The first-order valence-electron chi connectivity index (χ1n) is 6.56. The predicted molar refractivity (Wildman–Crippen MR) is 80.0 cm³/mol. The van der Waals surface area contributed by atoms with Crippen LogP contribution >= 0.6 is 11.8 Å². The molecule has 0 aliphatic carbocycles. The van der Waals surface area contributed by atoms with Gasteiger partial charge in [-0.15, -0.1) is 0 Å². The van der Waals surface area contributed by atoms with Gasteiger partial charge in [0.05, 0.1) is 17.5 Å². The molecule has 110 valence electrons. The normalized spacial score (nSPS) is 13.0. The number of rotatable bonds is 3. The summed E-state index contributed by atoms with van der Waals surface area (Å²) in [7, 11) is 0. The maximum absolute atomic E-state index is 12.4. The second kappa shape index (κ2) is 5.36. The average molecular weight is 306 g/mol. The number of fused-ring (bicyclic) bond motifs is 2. The number of aromatic nitrogens is 3. The molecule has 7 nitrogen and oxygen atoms in total. The first-order valence-corrected chi connectivity index (χ1v) is 7.78. The summed E-state index contributed by atoms with van der Waals surface area (Å²) in [5.41, 5.74) is 0.464. The van der Waals surface area contributed by atoms with Crippen LogP contribution in [0.25, 0.3) is 10.9 Å². The minimum Gasteiger partial charge on any atom is -0.462 e. The molecule has 0 fully saturated rings. The molecule has 0 unspecified atom stereocenters. The predicted octanol–water partition coefficient (Wildman–Crippen LogP) is 1.12. The van der Waals surface area contributed by atoms with Crippen molar-refractivity contribution in [3.8, 4) is 0 Å². The first kappa shape index (κ1) is 13.9. The summed E-state index contributed by atoms with van der Waals surface area (Å²) in [5, 5.41) is 3.92. The Kier molecular flexibility index (Phi) is 3.54. The molecule has 3 heterocycles. The average Bonchev–Trinajstić information content (AvgIpc) is 2.96. The molecule has 0 bridgehead atoms. The van der Waals surface area contributed by atoms with Crippen LogP contribution in [0.1, 0.15) is 17.3 Å². The molecule has 0 radical (unpaired) electrons. The standard InChI is InChI=1S/C13H14N4O3S/c1-3-20-12(19)8-9-7(6-15-13(16-9)21-2)11(18)17-5-4-14-10(8)17/h6,14H,3-5H2,1-2H3. The van der Waals surface area contributed by atoms with E-state index in [-0.39, 0.29) is 12.2 Å².